The smallest absolute Gasteiger partial charge is 0.0291 e. The minimum absolute atomic E-state index is 0.213. The molecule has 0 aromatic heterocycles. The van der Waals surface area contributed by atoms with Gasteiger partial charge >= 0.3 is 0 Å². The number of hydrogen-bond acceptors (Lipinski definition) is 2. The van der Waals surface area contributed by atoms with Crippen LogP contribution < -0.4 is 5.48 Å². The second kappa shape index (κ2) is 5.79. The van der Waals surface area contributed by atoms with Crippen LogP contribution in [-0.4, -0.2) is 11.2 Å². The third kappa shape index (κ3) is 5.53. The van der Waals surface area contributed by atoms with Gasteiger partial charge in [-0.3, -0.25) is 0 Å². The van der Waals surface area contributed by atoms with Gasteiger partial charge in [-0.2, -0.15) is 0 Å². The Hall–Kier alpha value is -0.340. The Kier molecular flexibility index (Phi) is 5.57. The van der Waals surface area contributed by atoms with Gasteiger partial charge in [-0.15, -0.1) is 6.58 Å². The van der Waals surface area contributed by atoms with Crippen molar-refractivity contribution >= 4 is 0 Å². The van der Waals surface area contributed by atoms with Crippen LogP contribution in [0.1, 0.15) is 26.2 Å². The lowest BCUT2D eigenvalue weighted by atomic mass is 10.1. The van der Waals surface area contributed by atoms with Crippen molar-refractivity contribution < 1.29 is 5.21 Å². The van der Waals surface area contributed by atoms with Crippen LogP contribution in [0.25, 0.3) is 0 Å². The summed E-state index contributed by atoms with van der Waals surface area (Å²) >= 11 is 0. The molecule has 1 atom stereocenters. The molecule has 0 rings (SSSR count). The highest BCUT2D eigenvalue weighted by molar-refractivity contribution is 4.67. The van der Waals surface area contributed by atoms with Crippen molar-refractivity contribution in [1.29, 1.82) is 0 Å². The number of hydrogen-bond donors (Lipinski definition) is 2. The summed E-state index contributed by atoms with van der Waals surface area (Å²) in [7, 11) is 0. The largest absolute Gasteiger partial charge is 0.317 e. The molecule has 0 bridgehead atoms. The first kappa shape index (κ1) is 8.66. The molecule has 2 nitrogen and oxygen atoms in total. The first-order valence-electron chi connectivity index (χ1n) is 3.31. The lowest BCUT2D eigenvalue weighted by Gasteiger charge is -2.05. The van der Waals surface area contributed by atoms with Gasteiger partial charge in [0.25, 0.3) is 0 Å². The molecule has 1 unspecified atom stereocenters. The van der Waals surface area contributed by atoms with Gasteiger partial charge in [0.05, 0.1) is 0 Å². The normalized spacial score (nSPS) is 13.1. The summed E-state index contributed by atoms with van der Waals surface area (Å²) in [5.74, 6) is 0. The molecule has 0 amide bonds. The summed E-state index contributed by atoms with van der Waals surface area (Å²) < 4.78 is 0. The van der Waals surface area contributed by atoms with Crippen LogP contribution in [0.3, 0.4) is 0 Å². The van der Waals surface area contributed by atoms with E-state index in [0.717, 1.165) is 19.3 Å². The highest BCUT2D eigenvalue weighted by Crippen LogP contribution is 1.99. The summed E-state index contributed by atoms with van der Waals surface area (Å²) in [6, 6.07) is 0.213. The van der Waals surface area contributed by atoms with E-state index in [4.69, 9.17) is 5.21 Å². The van der Waals surface area contributed by atoms with Crippen LogP contribution in [0.2, 0.25) is 0 Å². The maximum absolute atomic E-state index is 8.36. The SMILES string of the molecule is C=CCCCC(C)NO. The molecule has 0 radical (unpaired) electrons. The number of hydroxylamine groups is 1. The summed E-state index contributed by atoms with van der Waals surface area (Å²) in [4.78, 5) is 0. The van der Waals surface area contributed by atoms with Gasteiger partial charge < -0.3 is 5.21 Å². The molecule has 2 N–H and O–H groups in total. The van der Waals surface area contributed by atoms with E-state index in [2.05, 4.69) is 12.1 Å². The van der Waals surface area contributed by atoms with Gasteiger partial charge in [0.15, 0.2) is 0 Å². The number of unbranched alkanes of at least 4 members (excludes halogenated alkanes) is 1. The molecule has 0 aliphatic heterocycles. The van der Waals surface area contributed by atoms with Gasteiger partial charge in [-0.1, -0.05) is 6.08 Å². The maximum Gasteiger partial charge on any atom is 0.0291 e. The topological polar surface area (TPSA) is 32.3 Å². The molecule has 2 heteroatoms. The quantitative estimate of drug-likeness (QED) is 0.336. The molecule has 9 heavy (non-hydrogen) atoms. The predicted octanol–water partition coefficient (Wildman–Crippen LogP) is 1.71. The van der Waals surface area contributed by atoms with Crippen molar-refractivity contribution in [1.82, 2.24) is 5.48 Å². The first-order valence-corrected chi connectivity index (χ1v) is 3.31. The van der Waals surface area contributed by atoms with E-state index in [0.29, 0.717) is 0 Å². The second-order valence-corrected chi connectivity index (χ2v) is 2.25. The molecule has 0 heterocycles. The van der Waals surface area contributed by atoms with Crippen LogP contribution in [0.4, 0.5) is 0 Å². The number of allylic oxidation sites excluding steroid dienone is 1. The fourth-order valence-electron chi connectivity index (χ4n) is 0.633. The van der Waals surface area contributed by atoms with Gasteiger partial charge in [-0.25, -0.2) is 5.48 Å². The van der Waals surface area contributed by atoms with Crippen molar-refractivity contribution in [2.75, 3.05) is 0 Å². The lowest BCUT2D eigenvalue weighted by Crippen LogP contribution is -2.21. The molecule has 0 aromatic rings. The molecular weight excluding hydrogens is 114 g/mol. The van der Waals surface area contributed by atoms with E-state index < -0.39 is 0 Å². The molecule has 0 fully saturated rings. The van der Waals surface area contributed by atoms with Gasteiger partial charge in [0.1, 0.15) is 0 Å². The van der Waals surface area contributed by atoms with Gasteiger partial charge in [0.2, 0.25) is 0 Å². The molecule has 0 spiro atoms. The zero-order chi connectivity index (χ0) is 7.11. The third-order valence-electron chi connectivity index (χ3n) is 1.27. The average Bonchev–Trinajstić information content (AvgIpc) is 1.89. The van der Waals surface area contributed by atoms with Gasteiger partial charge in [0, 0.05) is 6.04 Å². The second-order valence-electron chi connectivity index (χ2n) is 2.25. The highest BCUT2D eigenvalue weighted by Gasteiger charge is 1.95. The molecule has 54 valence electrons. The fraction of sp³-hybridized carbons (Fsp3) is 0.714. The first-order chi connectivity index (χ1) is 4.31. The van der Waals surface area contributed by atoms with E-state index in [1.165, 1.54) is 0 Å². The molecular formula is C7H15NO. The van der Waals surface area contributed by atoms with E-state index in [9.17, 15) is 0 Å². The van der Waals surface area contributed by atoms with Crippen LogP contribution in [0.5, 0.6) is 0 Å². The van der Waals surface area contributed by atoms with Crippen molar-refractivity contribution in [2.45, 2.75) is 32.2 Å². The Morgan fingerprint density at radius 2 is 2.44 bits per heavy atom. The van der Waals surface area contributed by atoms with Crippen molar-refractivity contribution in [2.24, 2.45) is 0 Å². The molecule has 0 aromatic carbocycles. The average molecular weight is 129 g/mol. The predicted molar refractivity (Wildman–Crippen MR) is 38.4 cm³/mol. The lowest BCUT2D eigenvalue weighted by molar-refractivity contribution is 0.128. The van der Waals surface area contributed by atoms with E-state index in [-0.39, 0.29) is 6.04 Å². The molecule has 0 aliphatic carbocycles. The molecule has 0 aliphatic rings. The van der Waals surface area contributed by atoms with Crippen molar-refractivity contribution in [3.05, 3.63) is 12.7 Å². The third-order valence-corrected chi connectivity index (χ3v) is 1.27. The Morgan fingerprint density at radius 3 is 2.89 bits per heavy atom. The number of rotatable bonds is 5. The highest BCUT2D eigenvalue weighted by atomic mass is 16.5. The van der Waals surface area contributed by atoms with Crippen molar-refractivity contribution in [3.63, 3.8) is 0 Å². The number of nitrogens with one attached hydrogen (secondary N) is 1. The van der Waals surface area contributed by atoms with Crippen LogP contribution in [0.15, 0.2) is 12.7 Å². The molecule has 0 saturated heterocycles. The minimum Gasteiger partial charge on any atom is -0.317 e. The maximum atomic E-state index is 8.36. The zero-order valence-corrected chi connectivity index (χ0v) is 5.93. The van der Waals surface area contributed by atoms with E-state index >= 15 is 0 Å². The Labute approximate surface area is 56.5 Å². The Bertz CT molecular complexity index is 73.3. The van der Waals surface area contributed by atoms with Crippen LogP contribution >= 0.6 is 0 Å². The Morgan fingerprint density at radius 1 is 1.78 bits per heavy atom. The van der Waals surface area contributed by atoms with E-state index in [1.807, 2.05) is 13.0 Å². The summed E-state index contributed by atoms with van der Waals surface area (Å²) in [6.07, 6.45) is 5.02. The minimum atomic E-state index is 0.213. The van der Waals surface area contributed by atoms with Crippen LogP contribution in [0, 0.1) is 0 Å². The van der Waals surface area contributed by atoms with Crippen LogP contribution in [-0.2, 0) is 0 Å². The Balaban J connectivity index is 2.96. The monoisotopic (exact) mass is 129 g/mol. The van der Waals surface area contributed by atoms with E-state index in [1.54, 1.807) is 0 Å². The van der Waals surface area contributed by atoms with Gasteiger partial charge in [-0.05, 0) is 26.2 Å². The summed E-state index contributed by atoms with van der Waals surface area (Å²) in [6.45, 7) is 5.55. The standard InChI is InChI=1S/C7H15NO/c1-3-4-5-6-7(2)8-9/h3,7-9H,1,4-6H2,2H3. The summed E-state index contributed by atoms with van der Waals surface area (Å²) in [5.41, 5.74) is 2.19. The zero-order valence-electron chi connectivity index (χ0n) is 5.93. The molecule has 0 saturated carbocycles. The summed E-state index contributed by atoms with van der Waals surface area (Å²) in [5, 5.41) is 8.36. The van der Waals surface area contributed by atoms with Crippen molar-refractivity contribution in [3.8, 4) is 0 Å². The fourth-order valence-corrected chi connectivity index (χ4v) is 0.633.